The molecule has 2 heterocycles. The summed E-state index contributed by atoms with van der Waals surface area (Å²) < 4.78 is 48.7. The molecule has 164 valence electrons. The molecular weight excluding hydrogens is 401 g/mol. The third-order valence-corrected chi connectivity index (χ3v) is 5.24. The molecule has 3 rings (SSSR count). The first-order valence-electron chi connectivity index (χ1n) is 9.97. The van der Waals surface area contributed by atoms with E-state index in [0.717, 1.165) is 25.0 Å². The zero-order chi connectivity index (χ0) is 21.7. The minimum atomic E-state index is -4.41. The summed E-state index contributed by atoms with van der Waals surface area (Å²) in [7, 11) is 0. The number of halogens is 3. The van der Waals surface area contributed by atoms with Crippen LogP contribution in [0, 0.1) is 5.92 Å². The molecule has 1 fully saturated rings. The van der Waals surface area contributed by atoms with Crippen molar-refractivity contribution in [3.63, 3.8) is 0 Å². The van der Waals surface area contributed by atoms with Crippen molar-refractivity contribution in [2.75, 3.05) is 31.6 Å². The van der Waals surface area contributed by atoms with Crippen molar-refractivity contribution >= 4 is 17.5 Å². The topological polar surface area (TPSA) is 67.9 Å². The summed E-state index contributed by atoms with van der Waals surface area (Å²) in [4.78, 5) is 26.6. The van der Waals surface area contributed by atoms with Gasteiger partial charge >= 0.3 is 6.18 Å². The second kappa shape index (κ2) is 9.40. The Morgan fingerprint density at radius 2 is 1.87 bits per heavy atom. The Balaban J connectivity index is 1.48. The van der Waals surface area contributed by atoms with Crippen LogP contribution in [0.5, 0.6) is 0 Å². The van der Waals surface area contributed by atoms with Crippen LogP contribution >= 0.6 is 0 Å². The van der Waals surface area contributed by atoms with E-state index in [0.29, 0.717) is 44.2 Å². The molecule has 0 radical (unpaired) electrons. The fourth-order valence-electron chi connectivity index (χ4n) is 3.65. The molecule has 2 amide bonds. The first-order valence-corrected chi connectivity index (χ1v) is 9.97. The van der Waals surface area contributed by atoms with Crippen molar-refractivity contribution in [1.82, 2.24) is 4.90 Å². The van der Waals surface area contributed by atoms with Gasteiger partial charge in [-0.25, -0.2) is 0 Å². The number of amides is 2. The first kappa shape index (κ1) is 22.0. The van der Waals surface area contributed by atoms with Gasteiger partial charge in [0.15, 0.2) is 0 Å². The highest BCUT2D eigenvalue weighted by Gasteiger charge is 2.31. The number of nitrogens with zero attached hydrogens (tertiary/aromatic N) is 1. The maximum atomic E-state index is 12.7. The molecule has 1 saturated heterocycles. The number of piperidine rings is 1. The van der Waals surface area contributed by atoms with Crippen molar-refractivity contribution in [3.8, 4) is 0 Å². The minimum Gasteiger partial charge on any atom is -0.491 e. The monoisotopic (exact) mass is 426 g/mol. The SMILES string of the molecule is CC1=C(C(=O)N2CCC[C@@H](CCC(=O)Nc3ccc(C(F)(F)F)cc3)C2)OCCO1. The smallest absolute Gasteiger partial charge is 0.416 e. The maximum absolute atomic E-state index is 12.7. The lowest BCUT2D eigenvalue weighted by Gasteiger charge is -2.34. The third-order valence-electron chi connectivity index (χ3n) is 5.24. The number of carbonyl (C=O) groups excluding carboxylic acids is 2. The van der Waals surface area contributed by atoms with Crippen LogP contribution in [0.1, 0.15) is 38.2 Å². The van der Waals surface area contributed by atoms with Crippen LogP contribution in [-0.2, 0) is 25.2 Å². The van der Waals surface area contributed by atoms with E-state index in [-0.39, 0.29) is 29.9 Å². The van der Waals surface area contributed by atoms with Gasteiger partial charge in [-0.1, -0.05) is 0 Å². The number of hydrogen-bond donors (Lipinski definition) is 1. The van der Waals surface area contributed by atoms with Crippen molar-refractivity contribution in [3.05, 3.63) is 41.3 Å². The predicted octanol–water partition coefficient (Wildman–Crippen LogP) is 3.94. The Bertz CT molecular complexity index is 805. The van der Waals surface area contributed by atoms with Gasteiger partial charge in [0.1, 0.15) is 19.0 Å². The number of ether oxygens (including phenoxy) is 2. The number of carbonyl (C=O) groups is 2. The predicted molar refractivity (Wildman–Crippen MR) is 103 cm³/mol. The lowest BCUT2D eigenvalue weighted by molar-refractivity contribution is -0.137. The van der Waals surface area contributed by atoms with E-state index in [2.05, 4.69) is 5.32 Å². The van der Waals surface area contributed by atoms with Crippen LogP contribution in [0.4, 0.5) is 18.9 Å². The molecule has 0 spiro atoms. The summed E-state index contributed by atoms with van der Waals surface area (Å²) in [5.41, 5.74) is -0.435. The van der Waals surface area contributed by atoms with E-state index in [9.17, 15) is 22.8 Å². The van der Waals surface area contributed by atoms with E-state index in [1.54, 1.807) is 11.8 Å². The number of nitrogens with one attached hydrogen (secondary N) is 1. The van der Waals surface area contributed by atoms with Crippen LogP contribution in [-0.4, -0.2) is 43.0 Å². The summed E-state index contributed by atoms with van der Waals surface area (Å²) in [5, 5.41) is 2.62. The molecule has 6 nitrogen and oxygen atoms in total. The highest BCUT2D eigenvalue weighted by atomic mass is 19.4. The van der Waals surface area contributed by atoms with Crippen LogP contribution in [0.3, 0.4) is 0 Å². The number of benzene rings is 1. The minimum absolute atomic E-state index is 0.173. The van der Waals surface area contributed by atoms with Crippen molar-refractivity contribution in [1.29, 1.82) is 0 Å². The van der Waals surface area contributed by atoms with Gasteiger partial charge in [0.25, 0.3) is 5.91 Å². The lowest BCUT2D eigenvalue weighted by Crippen LogP contribution is -2.42. The number of alkyl halides is 3. The fraction of sp³-hybridized carbons (Fsp3) is 0.524. The summed E-state index contributed by atoms with van der Waals surface area (Å²) in [6, 6.07) is 4.36. The van der Waals surface area contributed by atoms with Gasteiger partial charge in [-0.3, -0.25) is 9.59 Å². The quantitative estimate of drug-likeness (QED) is 0.775. The van der Waals surface area contributed by atoms with Crippen LogP contribution in [0.2, 0.25) is 0 Å². The van der Waals surface area contributed by atoms with Gasteiger partial charge in [-0.05, 0) is 56.4 Å². The highest BCUT2D eigenvalue weighted by Crippen LogP contribution is 2.30. The van der Waals surface area contributed by atoms with Crippen molar-refractivity contribution in [2.45, 2.75) is 38.8 Å². The molecular formula is C21H25F3N2O4. The van der Waals surface area contributed by atoms with E-state index < -0.39 is 11.7 Å². The number of anilines is 1. The first-order chi connectivity index (χ1) is 14.2. The number of hydrogen-bond acceptors (Lipinski definition) is 4. The standard InChI is InChI=1S/C21H25F3N2O4/c1-14-19(30-12-11-29-14)20(28)26-10-2-3-15(13-26)4-9-18(27)25-17-7-5-16(6-8-17)21(22,23)24/h5-8,15H,2-4,9-13H2,1H3,(H,25,27)/t15-/m0/s1. The van der Waals surface area contributed by atoms with Gasteiger partial charge in [-0.15, -0.1) is 0 Å². The lowest BCUT2D eigenvalue weighted by atomic mass is 9.93. The highest BCUT2D eigenvalue weighted by molar-refractivity contribution is 5.92. The Kier molecular flexibility index (Phi) is 6.89. The van der Waals surface area contributed by atoms with Gasteiger partial charge < -0.3 is 19.7 Å². The van der Waals surface area contributed by atoms with E-state index >= 15 is 0 Å². The zero-order valence-electron chi connectivity index (χ0n) is 16.8. The van der Waals surface area contributed by atoms with Crippen LogP contribution in [0.15, 0.2) is 35.8 Å². The Hall–Kier alpha value is -2.71. The van der Waals surface area contributed by atoms with E-state index in [1.807, 2.05) is 0 Å². The van der Waals surface area contributed by atoms with E-state index in [4.69, 9.17) is 9.47 Å². The van der Waals surface area contributed by atoms with Gasteiger partial charge in [0, 0.05) is 25.2 Å². The average molecular weight is 426 g/mol. The Morgan fingerprint density at radius 1 is 1.17 bits per heavy atom. The molecule has 9 heteroatoms. The summed E-state index contributed by atoms with van der Waals surface area (Å²) in [5.74, 6) is 0.463. The molecule has 1 N–H and O–H groups in total. The average Bonchev–Trinajstić information content (AvgIpc) is 2.72. The second-order valence-corrected chi connectivity index (χ2v) is 7.50. The maximum Gasteiger partial charge on any atom is 0.416 e. The van der Waals surface area contributed by atoms with Crippen molar-refractivity contribution < 1.29 is 32.2 Å². The van der Waals surface area contributed by atoms with Gasteiger partial charge in [0.2, 0.25) is 11.7 Å². The molecule has 0 aliphatic carbocycles. The molecule has 1 aromatic rings. The normalized spacial score (nSPS) is 19.7. The molecule has 2 aliphatic rings. The van der Waals surface area contributed by atoms with Gasteiger partial charge in [-0.2, -0.15) is 13.2 Å². The molecule has 0 aromatic heterocycles. The molecule has 0 unspecified atom stereocenters. The summed E-state index contributed by atoms with van der Waals surface area (Å²) in [6.07, 6.45) is -1.84. The molecule has 1 atom stereocenters. The largest absolute Gasteiger partial charge is 0.491 e. The second-order valence-electron chi connectivity index (χ2n) is 7.50. The number of allylic oxidation sites excluding steroid dienone is 1. The summed E-state index contributed by atoms with van der Waals surface area (Å²) >= 11 is 0. The molecule has 0 saturated carbocycles. The fourth-order valence-corrected chi connectivity index (χ4v) is 3.65. The third kappa shape index (κ3) is 5.67. The van der Waals surface area contributed by atoms with Crippen LogP contribution in [0.25, 0.3) is 0 Å². The Morgan fingerprint density at radius 3 is 2.53 bits per heavy atom. The summed E-state index contributed by atoms with van der Waals surface area (Å²) in [6.45, 7) is 3.65. The molecule has 30 heavy (non-hydrogen) atoms. The Labute approximate surface area is 173 Å². The van der Waals surface area contributed by atoms with Gasteiger partial charge in [0.05, 0.1) is 5.56 Å². The van der Waals surface area contributed by atoms with Crippen molar-refractivity contribution in [2.24, 2.45) is 5.92 Å². The number of likely N-dealkylation sites (tertiary alicyclic amines) is 1. The molecule has 1 aromatic carbocycles. The molecule has 2 aliphatic heterocycles. The molecule has 0 bridgehead atoms. The zero-order valence-corrected chi connectivity index (χ0v) is 16.8. The number of rotatable bonds is 5. The van der Waals surface area contributed by atoms with E-state index in [1.165, 1.54) is 12.1 Å². The van der Waals surface area contributed by atoms with Crippen LogP contribution < -0.4 is 5.32 Å².